The molecule has 100 valence electrons. The van der Waals surface area contributed by atoms with Crippen molar-refractivity contribution in [3.63, 3.8) is 0 Å². The minimum atomic E-state index is -1.03. The van der Waals surface area contributed by atoms with Gasteiger partial charge in [-0.25, -0.2) is 4.79 Å². The van der Waals surface area contributed by atoms with E-state index in [9.17, 15) is 9.59 Å². The molecule has 0 fully saturated rings. The van der Waals surface area contributed by atoms with Crippen LogP contribution < -0.4 is 5.32 Å². The van der Waals surface area contributed by atoms with Crippen LogP contribution in [0.15, 0.2) is 4.52 Å². The maximum atomic E-state index is 11.8. The van der Waals surface area contributed by atoms with E-state index in [4.69, 9.17) is 9.63 Å². The Hall–Kier alpha value is -1.85. The van der Waals surface area contributed by atoms with E-state index >= 15 is 0 Å². The van der Waals surface area contributed by atoms with E-state index in [1.165, 1.54) is 0 Å². The third kappa shape index (κ3) is 3.32. The summed E-state index contributed by atoms with van der Waals surface area (Å²) in [6.45, 7) is 6.96. The molecule has 0 aliphatic heterocycles. The lowest BCUT2D eigenvalue weighted by Gasteiger charge is -2.17. The molecule has 0 unspecified atom stereocenters. The van der Waals surface area contributed by atoms with Gasteiger partial charge < -0.3 is 14.9 Å². The van der Waals surface area contributed by atoms with Crippen LogP contribution in [0, 0.1) is 19.8 Å². The van der Waals surface area contributed by atoms with Crippen molar-refractivity contribution in [2.24, 2.45) is 5.92 Å². The summed E-state index contributed by atoms with van der Waals surface area (Å²) in [5.41, 5.74) is 1.36. The minimum Gasteiger partial charge on any atom is -0.480 e. The molecular weight excluding hydrogens is 236 g/mol. The number of amides is 1. The van der Waals surface area contributed by atoms with Crippen LogP contribution >= 0.6 is 0 Å². The smallest absolute Gasteiger partial charge is 0.326 e. The normalized spacial score (nSPS) is 12.5. The third-order valence-corrected chi connectivity index (χ3v) is 2.77. The van der Waals surface area contributed by atoms with E-state index in [-0.39, 0.29) is 18.2 Å². The number of carbonyl (C=O) groups excluding carboxylic acids is 1. The summed E-state index contributed by atoms with van der Waals surface area (Å²) in [4.78, 5) is 22.8. The molecule has 0 saturated heterocycles. The molecule has 0 bridgehead atoms. The SMILES string of the molecule is Cc1noc(C)c1CC(=O)N[C@H](C(=O)O)C(C)C. The fourth-order valence-corrected chi connectivity index (χ4v) is 1.65. The largest absolute Gasteiger partial charge is 0.480 e. The van der Waals surface area contributed by atoms with Crippen molar-refractivity contribution in [3.8, 4) is 0 Å². The zero-order valence-corrected chi connectivity index (χ0v) is 11.0. The number of rotatable bonds is 5. The molecule has 0 saturated carbocycles. The Morgan fingerprint density at radius 3 is 2.39 bits per heavy atom. The van der Waals surface area contributed by atoms with E-state index in [1.807, 2.05) is 0 Å². The number of hydrogen-bond acceptors (Lipinski definition) is 4. The van der Waals surface area contributed by atoms with Gasteiger partial charge in [0.2, 0.25) is 5.91 Å². The monoisotopic (exact) mass is 254 g/mol. The summed E-state index contributed by atoms with van der Waals surface area (Å²) in [6, 6.07) is -0.877. The molecule has 1 amide bonds. The Balaban J connectivity index is 2.69. The van der Waals surface area contributed by atoms with Gasteiger partial charge >= 0.3 is 5.97 Å². The Labute approximate surface area is 105 Å². The fraction of sp³-hybridized carbons (Fsp3) is 0.583. The predicted octanol–water partition coefficient (Wildman–Crippen LogP) is 1.06. The molecule has 0 radical (unpaired) electrons. The lowest BCUT2D eigenvalue weighted by Crippen LogP contribution is -2.45. The Morgan fingerprint density at radius 1 is 1.39 bits per heavy atom. The molecule has 2 N–H and O–H groups in total. The van der Waals surface area contributed by atoms with E-state index < -0.39 is 12.0 Å². The summed E-state index contributed by atoms with van der Waals surface area (Å²) in [7, 11) is 0. The highest BCUT2D eigenvalue weighted by Crippen LogP contribution is 2.13. The van der Waals surface area contributed by atoms with Crippen molar-refractivity contribution in [1.29, 1.82) is 0 Å². The van der Waals surface area contributed by atoms with Crippen molar-refractivity contribution in [2.75, 3.05) is 0 Å². The second-order valence-corrected chi connectivity index (χ2v) is 4.61. The van der Waals surface area contributed by atoms with Crippen LogP contribution in [-0.4, -0.2) is 28.2 Å². The Morgan fingerprint density at radius 2 is 2.00 bits per heavy atom. The molecule has 6 nitrogen and oxygen atoms in total. The van der Waals surface area contributed by atoms with E-state index in [1.54, 1.807) is 27.7 Å². The van der Waals surface area contributed by atoms with Gasteiger partial charge in [-0.15, -0.1) is 0 Å². The average Bonchev–Trinajstić information content (AvgIpc) is 2.56. The molecule has 0 aliphatic carbocycles. The van der Waals surface area contributed by atoms with Crippen molar-refractivity contribution in [1.82, 2.24) is 10.5 Å². The van der Waals surface area contributed by atoms with Crippen LogP contribution in [0.1, 0.15) is 30.9 Å². The number of nitrogens with zero attached hydrogens (tertiary/aromatic N) is 1. The second-order valence-electron chi connectivity index (χ2n) is 4.61. The number of nitrogens with one attached hydrogen (secondary N) is 1. The highest BCUT2D eigenvalue weighted by atomic mass is 16.5. The van der Waals surface area contributed by atoms with Crippen molar-refractivity contribution >= 4 is 11.9 Å². The first-order valence-corrected chi connectivity index (χ1v) is 5.76. The summed E-state index contributed by atoms with van der Waals surface area (Å²) < 4.78 is 4.95. The Bertz CT molecular complexity index is 431. The van der Waals surface area contributed by atoms with Crippen molar-refractivity contribution in [2.45, 2.75) is 40.2 Å². The molecule has 18 heavy (non-hydrogen) atoms. The summed E-state index contributed by atoms with van der Waals surface area (Å²) in [5, 5.41) is 15.2. The summed E-state index contributed by atoms with van der Waals surface area (Å²) in [6.07, 6.45) is 0.0810. The van der Waals surface area contributed by atoms with Crippen LogP contribution in [0.2, 0.25) is 0 Å². The molecule has 6 heteroatoms. The maximum Gasteiger partial charge on any atom is 0.326 e. The average molecular weight is 254 g/mol. The fourth-order valence-electron chi connectivity index (χ4n) is 1.65. The first kappa shape index (κ1) is 14.2. The number of hydrogen-bond donors (Lipinski definition) is 2. The predicted molar refractivity (Wildman–Crippen MR) is 64.1 cm³/mol. The number of carboxylic acid groups (broad SMARTS) is 1. The molecule has 1 aromatic heterocycles. The first-order chi connectivity index (χ1) is 8.32. The number of carbonyl (C=O) groups is 2. The Kier molecular flexibility index (Phi) is 4.47. The standard InChI is InChI=1S/C12H18N2O4/c1-6(2)11(12(16)17)13-10(15)5-9-7(3)14-18-8(9)4/h6,11H,5H2,1-4H3,(H,13,15)(H,16,17)/t11-/m0/s1. The molecular formula is C12H18N2O4. The van der Waals surface area contributed by atoms with Gasteiger partial charge in [-0.3, -0.25) is 4.79 Å². The first-order valence-electron chi connectivity index (χ1n) is 5.76. The van der Waals surface area contributed by atoms with Crippen molar-refractivity contribution < 1.29 is 19.2 Å². The van der Waals surface area contributed by atoms with Gasteiger partial charge in [0.1, 0.15) is 11.8 Å². The third-order valence-electron chi connectivity index (χ3n) is 2.77. The molecule has 1 rings (SSSR count). The van der Waals surface area contributed by atoms with Crippen LogP contribution in [0.4, 0.5) is 0 Å². The van der Waals surface area contributed by atoms with Gasteiger partial charge in [0.05, 0.1) is 12.1 Å². The number of aliphatic carboxylic acids is 1. The summed E-state index contributed by atoms with van der Waals surface area (Å²) >= 11 is 0. The molecule has 1 heterocycles. The van der Waals surface area contributed by atoms with Crippen LogP contribution in [-0.2, 0) is 16.0 Å². The van der Waals surface area contributed by atoms with E-state index in [2.05, 4.69) is 10.5 Å². The minimum absolute atomic E-state index is 0.0810. The maximum absolute atomic E-state index is 11.8. The van der Waals surface area contributed by atoms with Crippen molar-refractivity contribution in [3.05, 3.63) is 17.0 Å². The van der Waals surface area contributed by atoms with E-state index in [0.29, 0.717) is 17.0 Å². The molecule has 1 atom stereocenters. The topological polar surface area (TPSA) is 92.4 Å². The molecule has 1 aromatic rings. The molecule has 0 aliphatic rings. The van der Waals surface area contributed by atoms with Crippen LogP contribution in [0.3, 0.4) is 0 Å². The number of aromatic nitrogens is 1. The van der Waals surface area contributed by atoms with Gasteiger partial charge in [0.15, 0.2) is 0 Å². The quantitative estimate of drug-likeness (QED) is 0.819. The summed E-state index contributed by atoms with van der Waals surface area (Å²) in [5.74, 6) is -0.960. The van der Waals surface area contributed by atoms with Crippen LogP contribution in [0.5, 0.6) is 0 Å². The zero-order valence-electron chi connectivity index (χ0n) is 11.0. The van der Waals surface area contributed by atoms with Gasteiger partial charge in [-0.05, 0) is 19.8 Å². The number of carboxylic acids is 1. The van der Waals surface area contributed by atoms with Gasteiger partial charge in [-0.2, -0.15) is 0 Å². The van der Waals surface area contributed by atoms with Gasteiger partial charge in [-0.1, -0.05) is 19.0 Å². The lowest BCUT2D eigenvalue weighted by atomic mass is 10.0. The van der Waals surface area contributed by atoms with E-state index in [0.717, 1.165) is 0 Å². The zero-order chi connectivity index (χ0) is 13.9. The highest BCUT2D eigenvalue weighted by Gasteiger charge is 2.24. The van der Waals surface area contributed by atoms with Gasteiger partial charge in [0, 0.05) is 5.56 Å². The molecule has 0 spiro atoms. The lowest BCUT2D eigenvalue weighted by molar-refractivity contribution is -0.143. The highest BCUT2D eigenvalue weighted by molar-refractivity contribution is 5.85. The van der Waals surface area contributed by atoms with Gasteiger partial charge in [0.25, 0.3) is 0 Å². The number of aryl methyl sites for hydroxylation is 2. The van der Waals surface area contributed by atoms with Crippen LogP contribution in [0.25, 0.3) is 0 Å². The second kappa shape index (κ2) is 5.66. The molecule has 0 aromatic carbocycles.